The Bertz CT molecular complexity index is 581. The van der Waals surface area contributed by atoms with Gasteiger partial charge in [-0.05, 0) is 25.1 Å². The first-order valence-corrected chi connectivity index (χ1v) is 6.27. The van der Waals surface area contributed by atoms with Crippen LogP contribution in [0.5, 0.6) is 5.88 Å². The van der Waals surface area contributed by atoms with E-state index in [1.54, 1.807) is 31.2 Å². The Labute approximate surface area is 116 Å². The second-order valence-electron chi connectivity index (χ2n) is 3.69. The van der Waals surface area contributed by atoms with Crippen molar-refractivity contribution < 1.29 is 17.9 Å². The van der Waals surface area contributed by atoms with E-state index in [0.29, 0.717) is 10.2 Å². The lowest BCUT2D eigenvalue weighted by atomic mass is 10.3. The van der Waals surface area contributed by atoms with E-state index in [1.807, 2.05) is 0 Å². The number of hydrogen-bond donors (Lipinski definition) is 0. The van der Waals surface area contributed by atoms with Gasteiger partial charge in [0.1, 0.15) is 0 Å². The van der Waals surface area contributed by atoms with Crippen molar-refractivity contribution in [1.29, 1.82) is 0 Å². The first-order valence-electron chi connectivity index (χ1n) is 5.48. The van der Waals surface area contributed by atoms with E-state index in [4.69, 9.17) is 4.74 Å². The molecule has 0 aliphatic carbocycles. The highest BCUT2D eigenvalue weighted by molar-refractivity contribution is 9.10. The summed E-state index contributed by atoms with van der Waals surface area (Å²) in [5.41, 5.74) is -0.554. The van der Waals surface area contributed by atoms with Gasteiger partial charge in [-0.1, -0.05) is 22.0 Å². The van der Waals surface area contributed by atoms with Crippen LogP contribution in [0.4, 0.5) is 13.2 Å². The number of ether oxygens (including phenoxy) is 1. The molecule has 2 rings (SSSR count). The predicted octanol–water partition coefficient (Wildman–Crippen LogP) is 4.05. The largest absolute Gasteiger partial charge is 0.477 e. The molecule has 0 unspecified atom stereocenters. The zero-order valence-corrected chi connectivity index (χ0v) is 11.5. The number of alkyl halides is 3. The summed E-state index contributed by atoms with van der Waals surface area (Å²) in [7, 11) is 0. The molecule has 7 heteroatoms. The zero-order valence-electron chi connectivity index (χ0n) is 9.91. The van der Waals surface area contributed by atoms with Crippen LogP contribution in [0, 0.1) is 0 Å². The fraction of sp³-hybridized carbons (Fsp3) is 0.250. The Morgan fingerprint density at radius 3 is 2.63 bits per heavy atom. The van der Waals surface area contributed by atoms with Gasteiger partial charge >= 0.3 is 6.18 Å². The van der Waals surface area contributed by atoms with Crippen molar-refractivity contribution in [2.24, 2.45) is 0 Å². The molecular formula is C12H10BrF3N2O. The van der Waals surface area contributed by atoms with Crippen molar-refractivity contribution in [3.8, 4) is 11.6 Å². The van der Waals surface area contributed by atoms with Crippen molar-refractivity contribution in [3.63, 3.8) is 0 Å². The molecule has 0 amide bonds. The third-order valence-electron chi connectivity index (χ3n) is 2.32. The maximum atomic E-state index is 13.0. The van der Waals surface area contributed by atoms with Gasteiger partial charge in [0.15, 0.2) is 5.69 Å². The van der Waals surface area contributed by atoms with E-state index in [9.17, 15) is 13.2 Å². The van der Waals surface area contributed by atoms with Crippen molar-refractivity contribution in [2.75, 3.05) is 6.61 Å². The summed E-state index contributed by atoms with van der Waals surface area (Å²) in [6.45, 7) is 1.94. The van der Waals surface area contributed by atoms with E-state index < -0.39 is 11.9 Å². The topological polar surface area (TPSA) is 27.1 Å². The Hall–Kier alpha value is -1.50. The molecule has 3 nitrogen and oxygen atoms in total. The van der Waals surface area contributed by atoms with Crippen LogP contribution in [-0.4, -0.2) is 16.4 Å². The monoisotopic (exact) mass is 334 g/mol. The molecule has 0 aliphatic rings. The van der Waals surface area contributed by atoms with Gasteiger partial charge in [0.2, 0.25) is 5.88 Å². The van der Waals surface area contributed by atoms with Crippen molar-refractivity contribution >= 4 is 15.9 Å². The summed E-state index contributed by atoms with van der Waals surface area (Å²) >= 11 is 3.22. The minimum absolute atomic E-state index is 0.0465. The number of nitrogens with zero attached hydrogens (tertiary/aromatic N) is 2. The molecular weight excluding hydrogens is 325 g/mol. The Morgan fingerprint density at radius 2 is 2.05 bits per heavy atom. The van der Waals surface area contributed by atoms with Gasteiger partial charge in [0.25, 0.3) is 0 Å². The highest BCUT2D eigenvalue weighted by Crippen LogP contribution is 2.33. The summed E-state index contributed by atoms with van der Waals surface area (Å²) in [6.07, 6.45) is -4.50. The van der Waals surface area contributed by atoms with Crippen LogP contribution in [0.2, 0.25) is 0 Å². The van der Waals surface area contributed by atoms with Crippen LogP contribution >= 0.6 is 15.9 Å². The lowest BCUT2D eigenvalue weighted by molar-refractivity contribution is -0.142. The smallest absolute Gasteiger partial charge is 0.433 e. The third-order valence-corrected chi connectivity index (χ3v) is 2.82. The number of benzene rings is 1. The molecule has 2 aromatic rings. The SMILES string of the molecule is CCOc1cc(C(F)(F)F)n(-c2cccc(Br)c2)n1. The second-order valence-corrected chi connectivity index (χ2v) is 4.61. The van der Waals surface area contributed by atoms with Crippen LogP contribution in [0.15, 0.2) is 34.8 Å². The second kappa shape index (κ2) is 5.24. The minimum Gasteiger partial charge on any atom is -0.477 e. The summed E-state index contributed by atoms with van der Waals surface area (Å²) in [6, 6.07) is 7.36. The van der Waals surface area contributed by atoms with Gasteiger partial charge in [-0.25, -0.2) is 4.68 Å². The molecule has 0 aliphatic heterocycles. The van der Waals surface area contributed by atoms with Crippen molar-refractivity contribution in [1.82, 2.24) is 9.78 Å². The molecule has 1 heterocycles. The molecule has 1 aromatic carbocycles. The molecule has 0 atom stereocenters. The summed E-state index contributed by atoms with van der Waals surface area (Å²) in [5.74, 6) is -0.0465. The Kier molecular flexibility index (Phi) is 3.84. The van der Waals surface area contributed by atoms with Crippen molar-refractivity contribution in [2.45, 2.75) is 13.1 Å². The zero-order chi connectivity index (χ0) is 14.0. The number of rotatable bonds is 3. The maximum absolute atomic E-state index is 13.0. The summed E-state index contributed by atoms with van der Waals surface area (Å²) < 4.78 is 45.4. The molecule has 0 fully saturated rings. The summed E-state index contributed by atoms with van der Waals surface area (Å²) in [4.78, 5) is 0. The molecule has 0 saturated carbocycles. The lowest BCUT2D eigenvalue weighted by Crippen LogP contribution is -2.13. The van der Waals surface area contributed by atoms with Gasteiger partial charge in [-0.15, -0.1) is 5.10 Å². The third kappa shape index (κ3) is 3.09. The number of aromatic nitrogens is 2. The van der Waals surface area contributed by atoms with E-state index in [2.05, 4.69) is 21.0 Å². The van der Waals surface area contributed by atoms with Crippen LogP contribution in [0.1, 0.15) is 12.6 Å². The molecule has 102 valence electrons. The molecule has 0 spiro atoms. The van der Waals surface area contributed by atoms with E-state index >= 15 is 0 Å². The van der Waals surface area contributed by atoms with E-state index in [0.717, 1.165) is 10.7 Å². The van der Waals surface area contributed by atoms with Crippen molar-refractivity contribution in [3.05, 3.63) is 40.5 Å². The molecule has 0 bridgehead atoms. The predicted molar refractivity (Wildman–Crippen MR) is 67.4 cm³/mol. The lowest BCUT2D eigenvalue weighted by Gasteiger charge is -2.09. The van der Waals surface area contributed by atoms with Crippen LogP contribution in [0.25, 0.3) is 5.69 Å². The molecule has 0 saturated heterocycles. The van der Waals surface area contributed by atoms with Gasteiger partial charge in [-0.3, -0.25) is 0 Å². The average molecular weight is 335 g/mol. The normalized spacial score (nSPS) is 11.6. The average Bonchev–Trinajstić information content (AvgIpc) is 2.73. The minimum atomic E-state index is -4.50. The quantitative estimate of drug-likeness (QED) is 0.846. The Morgan fingerprint density at radius 1 is 1.32 bits per heavy atom. The molecule has 0 N–H and O–H groups in total. The summed E-state index contributed by atoms with van der Waals surface area (Å²) in [5, 5.41) is 3.83. The first-order chi connectivity index (χ1) is 8.91. The van der Waals surface area contributed by atoms with Crippen LogP contribution < -0.4 is 4.74 Å². The van der Waals surface area contributed by atoms with Gasteiger partial charge < -0.3 is 4.74 Å². The molecule has 0 radical (unpaired) electrons. The highest BCUT2D eigenvalue weighted by atomic mass is 79.9. The van der Waals surface area contributed by atoms with E-state index in [1.165, 1.54) is 0 Å². The molecule has 1 aromatic heterocycles. The standard InChI is InChI=1S/C12H10BrF3N2O/c1-2-19-11-7-10(12(14,15)16)18(17-11)9-5-3-4-8(13)6-9/h3-7H,2H2,1H3. The van der Waals surface area contributed by atoms with E-state index in [-0.39, 0.29) is 12.5 Å². The van der Waals surface area contributed by atoms with Gasteiger partial charge in [0.05, 0.1) is 12.3 Å². The van der Waals surface area contributed by atoms with Crippen LogP contribution in [0.3, 0.4) is 0 Å². The fourth-order valence-electron chi connectivity index (χ4n) is 1.58. The maximum Gasteiger partial charge on any atom is 0.433 e. The number of hydrogen-bond acceptors (Lipinski definition) is 2. The van der Waals surface area contributed by atoms with Gasteiger partial charge in [0, 0.05) is 10.5 Å². The fourth-order valence-corrected chi connectivity index (χ4v) is 1.97. The Balaban J connectivity index is 2.54. The molecule has 19 heavy (non-hydrogen) atoms. The number of halogens is 4. The first kappa shape index (κ1) is 13.9. The van der Waals surface area contributed by atoms with Crippen LogP contribution in [-0.2, 0) is 6.18 Å². The highest BCUT2D eigenvalue weighted by Gasteiger charge is 2.36. The van der Waals surface area contributed by atoms with Gasteiger partial charge in [-0.2, -0.15) is 13.2 Å².